The summed E-state index contributed by atoms with van der Waals surface area (Å²) in [6.45, 7) is 4.56. The average molecular weight is 572 g/mol. The van der Waals surface area contributed by atoms with E-state index in [1.165, 1.54) is 11.8 Å². The fraction of sp³-hybridized carbons (Fsp3) is 0.233. The van der Waals surface area contributed by atoms with Crippen molar-refractivity contribution in [1.29, 1.82) is 0 Å². The standard InChI is InChI=1S/C30H27FN6O3S/c1-33-30(32)41-12-8-21-22-14-19(36-29-26-18(5-9-34-29)13-20(38-2)16-35-26)3-4-25(22)40-27-23(21)15-24(37-28(27)31)17-6-10-39-11-7-17/h3-6,9,13-16,21,32H,1,7-8,10-12H2,2H3,(H,34,36)/p+1. The normalized spacial score (nSPS) is 15.7. The Morgan fingerprint density at radius 3 is 2.95 bits per heavy atom. The maximum Gasteiger partial charge on any atom is 0.401 e. The van der Waals surface area contributed by atoms with Crippen LogP contribution in [0.1, 0.15) is 35.6 Å². The van der Waals surface area contributed by atoms with E-state index in [0.29, 0.717) is 65.5 Å². The van der Waals surface area contributed by atoms with Crippen LogP contribution >= 0.6 is 11.8 Å². The Morgan fingerprint density at radius 2 is 2.15 bits per heavy atom. The third kappa shape index (κ3) is 5.47. The van der Waals surface area contributed by atoms with Crippen LogP contribution in [0.2, 0.25) is 0 Å². The van der Waals surface area contributed by atoms with Gasteiger partial charge in [-0.15, -0.1) is 0 Å². The van der Waals surface area contributed by atoms with Crippen molar-refractivity contribution in [2.75, 3.05) is 31.4 Å². The summed E-state index contributed by atoms with van der Waals surface area (Å²) in [7, 11) is 1.61. The van der Waals surface area contributed by atoms with Gasteiger partial charge in [-0.25, -0.2) is 19.6 Å². The predicted molar refractivity (Wildman–Crippen MR) is 161 cm³/mol. The van der Waals surface area contributed by atoms with Gasteiger partial charge in [0.05, 0.1) is 32.2 Å². The summed E-state index contributed by atoms with van der Waals surface area (Å²) in [6, 6.07) is 11.5. The minimum Gasteiger partial charge on any atom is -0.495 e. The van der Waals surface area contributed by atoms with Gasteiger partial charge in [0.25, 0.3) is 5.95 Å². The molecular weight excluding hydrogens is 543 g/mol. The Bertz CT molecular complexity index is 1720. The van der Waals surface area contributed by atoms with Gasteiger partial charge < -0.3 is 19.5 Å². The molecule has 1 aromatic carbocycles. The second-order valence-corrected chi connectivity index (χ2v) is 10.7. The number of nitrogens with one attached hydrogen (secondary N) is 1. The molecule has 3 aromatic heterocycles. The van der Waals surface area contributed by atoms with E-state index in [0.717, 1.165) is 27.8 Å². The lowest BCUT2D eigenvalue weighted by Crippen LogP contribution is -2.16. The highest BCUT2D eigenvalue weighted by atomic mass is 32.2. The topological polar surface area (TPSA) is 119 Å². The van der Waals surface area contributed by atoms with Crippen LogP contribution in [0.15, 0.2) is 54.9 Å². The second-order valence-electron chi connectivity index (χ2n) is 9.54. The third-order valence-corrected chi connectivity index (χ3v) is 7.97. The quantitative estimate of drug-likeness (QED) is 0.134. The Labute approximate surface area is 240 Å². The van der Waals surface area contributed by atoms with Crippen molar-refractivity contribution in [1.82, 2.24) is 19.6 Å². The average Bonchev–Trinajstić information content (AvgIpc) is 3.01. The molecule has 2 aliphatic rings. The van der Waals surface area contributed by atoms with Gasteiger partial charge >= 0.3 is 5.17 Å². The number of benzene rings is 1. The summed E-state index contributed by atoms with van der Waals surface area (Å²) in [6.07, 6.45) is 6.67. The van der Waals surface area contributed by atoms with Crippen molar-refractivity contribution >= 4 is 51.6 Å². The molecule has 0 aliphatic carbocycles. The smallest absolute Gasteiger partial charge is 0.401 e. The van der Waals surface area contributed by atoms with Crippen molar-refractivity contribution in [3.8, 4) is 17.2 Å². The lowest BCUT2D eigenvalue weighted by atomic mass is 9.85. The number of ether oxygens (including phenoxy) is 3. The highest BCUT2D eigenvalue weighted by Crippen LogP contribution is 2.48. The van der Waals surface area contributed by atoms with E-state index in [2.05, 4.69) is 31.7 Å². The lowest BCUT2D eigenvalue weighted by molar-refractivity contribution is 0.161. The molecule has 0 spiro atoms. The largest absolute Gasteiger partial charge is 0.495 e. The molecule has 0 amide bonds. The zero-order valence-electron chi connectivity index (χ0n) is 22.4. The van der Waals surface area contributed by atoms with Crippen molar-refractivity contribution in [2.24, 2.45) is 5.73 Å². The predicted octanol–water partition coefficient (Wildman–Crippen LogP) is 5.16. The molecule has 1 atom stereocenters. The summed E-state index contributed by atoms with van der Waals surface area (Å²) < 4.78 is 36.1. The summed E-state index contributed by atoms with van der Waals surface area (Å²) >= 11 is 1.41. The SMILES string of the molecule is C=[N+]=C(N)SCCC1c2cc(Nc3nccc4cc(OC)cnc34)ccc2Oc2c1cc(C1=CCOCC1)nc2F. The molecule has 0 saturated heterocycles. The van der Waals surface area contributed by atoms with Gasteiger partial charge in [0.15, 0.2) is 18.3 Å². The van der Waals surface area contributed by atoms with Crippen LogP contribution in [-0.4, -0.2) is 52.9 Å². The highest BCUT2D eigenvalue weighted by Gasteiger charge is 2.32. The molecule has 6 rings (SSSR count). The maximum atomic E-state index is 15.4. The molecule has 11 heteroatoms. The van der Waals surface area contributed by atoms with E-state index in [1.54, 1.807) is 19.5 Å². The van der Waals surface area contributed by atoms with Gasteiger partial charge in [-0.2, -0.15) is 4.39 Å². The number of hydrogen-bond acceptors (Lipinski definition) is 8. The lowest BCUT2D eigenvalue weighted by Gasteiger charge is -2.29. The zero-order chi connectivity index (χ0) is 28.3. The van der Waals surface area contributed by atoms with Crippen LogP contribution in [-0.2, 0) is 4.74 Å². The number of nitrogens with zero attached hydrogens (tertiary/aromatic N) is 4. The van der Waals surface area contributed by atoms with Gasteiger partial charge in [-0.05, 0) is 66.6 Å². The summed E-state index contributed by atoms with van der Waals surface area (Å²) in [5.74, 6) is 1.84. The van der Waals surface area contributed by atoms with Crippen LogP contribution in [0.25, 0.3) is 16.5 Å². The number of pyridine rings is 3. The number of thioether (sulfide) groups is 1. The van der Waals surface area contributed by atoms with Gasteiger partial charge in [-0.1, -0.05) is 6.08 Å². The van der Waals surface area contributed by atoms with Gasteiger partial charge in [-0.3, -0.25) is 5.73 Å². The first-order valence-corrected chi connectivity index (χ1v) is 14.1. The first kappa shape index (κ1) is 26.8. The van der Waals surface area contributed by atoms with Crippen molar-refractivity contribution in [2.45, 2.75) is 18.8 Å². The van der Waals surface area contributed by atoms with E-state index < -0.39 is 5.95 Å². The third-order valence-electron chi connectivity index (χ3n) is 7.11. The van der Waals surface area contributed by atoms with E-state index >= 15 is 4.39 Å². The molecule has 4 aromatic rings. The highest BCUT2D eigenvalue weighted by molar-refractivity contribution is 8.13. The molecule has 0 saturated carbocycles. The Morgan fingerprint density at radius 1 is 1.24 bits per heavy atom. The van der Waals surface area contributed by atoms with Crippen LogP contribution in [0.3, 0.4) is 0 Å². The molecule has 5 heterocycles. The fourth-order valence-corrected chi connectivity index (χ4v) is 5.75. The molecule has 0 fully saturated rings. The number of methoxy groups -OCH3 is 1. The van der Waals surface area contributed by atoms with Crippen molar-refractivity contribution in [3.63, 3.8) is 0 Å². The minimum absolute atomic E-state index is 0.150. The second kappa shape index (κ2) is 11.6. The van der Waals surface area contributed by atoms with Crippen molar-refractivity contribution < 1.29 is 18.6 Å². The number of rotatable bonds is 7. The molecule has 0 radical (unpaired) electrons. The molecule has 9 nitrogen and oxygen atoms in total. The van der Waals surface area contributed by atoms with Crippen molar-refractivity contribution in [3.05, 3.63) is 77.6 Å². The number of hydrogen-bond donors (Lipinski definition) is 2. The first-order valence-electron chi connectivity index (χ1n) is 13.1. The van der Waals surface area contributed by atoms with Crippen LogP contribution < -0.4 is 25.2 Å². The number of anilines is 2. The molecule has 0 bridgehead atoms. The Kier molecular flexibility index (Phi) is 7.56. The zero-order valence-corrected chi connectivity index (χ0v) is 23.2. The van der Waals surface area contributed by atoms with Gasteiger partial charge in [0.1, 0.15) is 17.0 Å². The summed E-state index contributed by atoms with van der Waals surface area (Å²) in [4.78, 5) is 13.3. The molecule has 2 aliphatic heterocycles. The molecule has 1 unspecified atom stereocenters. The maximum absolute atomic E-state index is 15.4. The van der Waals surface area contributed by atoms with Crippen LogP contribution in [0.5, 0.6) is 17.2 Å². The Balaban J connectivity index is 1.39. The number of amidine groups is 1. The number of halogens is 1. The molecule has 3 N–H and O–H groups in total. The van der Waals surface area contributed by atoms with Crippen LogP contribution in [0.4, 0.5) is 15.9 Å². The van der Waals surface area contributed by atoms with Gasteiger partial charge in [0.2, 0.25) is 0 Å². The molecule has 208 valence electrons. The summed E-state index contributed by atoms with van der Waals surface area (Å²) in [5, 5.41) is 4.70. The van der Waals surface area contributed by atoms with E-state index in [1.807, 2.05) is 42.5 Å². The molecule has 41 heavy (non-hydrogen) atoms. The van der Waals surface area contributed by atoms with E-state index in [-0.39, 0.29) is 11.7 Å². The number of nitrogens with two attached hydrogens (primary N) is 1. The molecular formula is C30H28FN6O3S+. The fourth-order valence-electron chi connectivity index (χ4n) is 5.09. The first-order chi connectivity index (χ1) is 20.0. The van der Waals surface area contributed by atoms with E-state index in [9.17, 15) is 0 Å². The Hall–Kier alpha value is -4.44. The number of fused-ring (bicyclic) bond motifs is 3. The monoisotopic (exact) mass is 571 g/mol. The number of aromatic nitrogens is 3. The minimum atomic E-state index is -0.629. The van der Waals surface area contributed by atoms with Gasteiger partial charge in [0, 0.05) is 40.1 Å². The van der Waals surface area contributed by atoms with Crippen LogP contribution in [0, 0.1) is 5.95 Å². The summed E-state index contributed by atoms with van der Waals surface area (Å²) in [5.41, 5.74) is 10.6. The van der Waals surface area contributed by atoms with E-state index in [4.69, 9.17) is 19.9 Å².